The summed E-state index contributed by atoms with van der Waals surface area (Å²) >= 11 is 0. The molecule has 4 rings (SSSR count). The first-order valence-electron chi connectivity index (χ1n) is 8.34. The van der Waals surface area contributed by atoms with E-state index in [0.717, 1.165) is 25.1 Å². The molecule has 0 fully saturated rings. The normalized spacial score (nSPS) is 11.1. The average molecular weight is 349 g/mol. The lowest BCUT2D eigenvalue weighted by Gasteiger charge is -2.07. The van der Waals surface area contributed by atoms with Crippen LogP contribution in [0, 0.1) is 0 Å². The fraction of sp³-hybridized carbons (Fsp3) is 0.167. The molecule has 8 heteroatoms. The van der Waals surface area contributed by atoms with Crippen LogP contribution in [0.5, 0.6) is 0 Å². The van der Waals surface area contributed by atoms with Crippen molar-refractivity contribution in [2.75, 3.05) is 23.3 Å². The Morgan fingerprint density at radius 2 is 1.92 bits per heavy atom. The number of nitrogens with one attached hydrogen (secondary N) is 1. The molecule has 0 amide bonds. The number of nitrogens with zero attached hydrogens (tertiary/aromatic N) is 4. The number of hydrogen-bond acceptors (Lipinski definition) is 7. The Bertz CT molecular complexity index is 1010. The summed E-state index contributed by atoms with van der Waals surface area (Å²) in [6.45, 7) is 0.770. The maximum Gasteiger partial charge on any atom is 0.256 e. The molecule has 0 atom stereocenters. The molecule has 0 spiro atoms. The number of nitrogen functional groups attached to an aromatic ring is 2. The van der Waals surface area contributed by atoms with Gasteiger partial charge in [0.25, 0.3) is 5.78 Å². The maximum atomic E-state index is 6.07. The third-order valence-electron chi connectivity index (χ3n) is 4.01. The molecule has 0 aliphatic heterocycles. The molecular weight excluding hydrogens is 330 g/mol. The zero-order valence-corrected chi connectivity index (χ0v) is 14.1. The van der Waals surface area contributed by atoms with Crippen molar-refractivity contribution in [1.29, 1.82) is 0 Å². The monoisotopic (exact) mass is 349 g/mol. The van der Waals surface area contributed by atoms with Gasteiger partial charge in [0.1, 0.15) is 11.6 Å². The highest BCUT2D eigenvalue weighted by molar-refractivity contribution is 5.56. The lowest BCUT2D eigenvalue weighted by Crippen LogP contribution is -2.08. The van der Waals surface area contributed by atoms with Crippen LogP contribution in [0.1, 0.15) is 12.0 Å². The lowest BCUT2D eigenvalue weighted by molar-refractivity contribution is 0.577. The third kappa shape index (κ3) is 3.30. The number of rotatable bonds is 6. The van der Waals surface area contributed by atoms with Gasteiger partial charge in [0.05, 0.1) is 6.26 Å². The fourth-order valence-electron chi connectivity index (χ4n) is 2.68. The molecule has 3 heterocycles. The van der Waals surface area contributed by atoms with Crippen LogP contribution >= 0.6 is 0 Å². The summed E-state index contributed by atoms with van der Waals surface area (Å²) in [6.07, 6.45) is 3.49. The van der Waals surface area contributed by atoms with Crippen molar-refractivity contribution in [2.24, 2.45) is 0 Å². The number of fused-ring (bicyclic) bond motifs is 1. The van der Waals surface area contributed by atoms with Gasteiger partial charge in [0.15, 0.2) is 5.76 Å². The lowest BCUT2D eigenvalue weighted by atomic mass is 10.1. The van der Waals surface area contributed by atoms with Gasteiger partial charge in [-0.25, -0.2) is 0 Å². The Morgan fingerprint density at radius 1 is 1.08 bits per heavy atom. The summed E-state index contributed by atoms with van der Waals surface area (Å²) in [5.41, 5.74) is 13.8. The summed E-state index contributed by atoms with van der Waals surface area (Å²) in [5, 5.41) is 7.61. The summed E-state index contributed by atoms with van der Waals surface area (Å²) in [7, 11) is 0. The number of aromatic nitrogens is 4. The zero-order valence-electron chi connectivity index (χ0n) is 14.1. The second kappa shape index (κ2) is 6.75. The molecule has 0 unspecified atom stereocenters. The van der Waals surface area contributed by atoms with E-state index in [2.05, 4.69) is 20.4 Å². The van der Waals surface area contributed by atoms with Crippen LogP contribution in [0.15, 0.2) is 53.1 Å². The largest absolute Gasteiger partial charge is 0.461 e. The minimum Gasteiger partial charge on any atom is -0.461 e. The van der Waals surface area contributed by atoms with Crippen molar-refractivity contribution in [1.82, 2.24) is 19.6 Å². The first-order chi connectivity index (χ1) is 12.7. The van der Waals surface area contributed by atoms with E-state index >= 15 is 0 Å². The molecule has 8 nitrogen and oxygen atoms in total. The van der Waals surface area contributed by atoms with Gasteiger partial charge in [-0.2, -0.15) is 14.5 Å². The predicted octanol–water partition coefficient (Wildman–Crippen LogP) is 2.59. The van der Waals surface area contributed by atoms with Crippen LogP contribution < -0.4 is 16.8 Å². The average Bonchev–Trinajstić information content (AvgIpc) is 3.30. The van der Waals surface area contributed by atoms with Crippen molar-refractivity contribution < 1.29 is 4.42 Å². The Labute approximate surface area is 149 Å². The van der Waals surface area contributed by atoms with Crippen LogP contribution in [0.2, 0.25) is 0 Å². The smallest absolute Gasteiger partial charge is 0.256 e. The van der Waals surface area contributed by atoms with Crippen molar-refractivity contribution in [3.63, 3.8) is 0 Å². The summed E-state index contributed by atoms with van der Waals surface area (Å²) in [6, 6.07) is 13.2. The first kappa shape index (κ1) is 15.9. The van der Waals surface area contributed by atoms with E-state index < -0.39 is 0 Å². The quantitative estimate of drug-likeness (QED) is 0.361. The molecule has 0 radical (unpaired) electrons. The van der Waals surface area contributed by atoms with Crippen LogP contribution in [0.3, 0.4) is 0 Å². The van der Waals surface area contributed by atoms with E-state index in [9.17, 15) is 0 Å². The number of hydrogen-bond donors (Lipinski definition) is 3. The molecule has 1 aromatic carbocycles. The predicted molar refractivity (Wildman–Crippen MR) is 101 cm³/mol. The number of nitrogens with two attached hydrogens (primary N) is 2. The van der Waals surface area contributed by atoms with Gasteiger partial charge in [0, 0.05) is 18.3 Å². The molecule has 0 aliphatic carbocycles. The number of aryl methyl sites for hydroxylation is 1. The van der Waals surface area contributed by atoms with E-state index in [1.807, 2.05) is 24.3 Å². The van der Waals surface area contributed by atoms with Crippen LogP contribution in [0.4, 0.5) is 17.3 Å². The number of benzene rings is 1. The molecule has 3 aromatic heterocycles. The SMILES string of the molecule is Nc1ccc(CCCNc2cc(N)n3nc(-c4ccco4)nc3n2)cc1. The Balaban J connectivity index is 1.42. The Kier molecular flexibility index (Phi) is 4.14. The Hall–Kier alpha value is -3.55. The summed E-state index contributed by atoms with van der Waals surface area (Å²) in [5.74, 6) is 2.59. The topological polar surface area (TPSA) is 120 Å². The van der Waals surface area contributed by atoms with E-state index in [0.29, 0.717) is 29.0 Å². The molecular formula is C18H19N7O. The van der Waals surface area contributed by atoms with Crippen molar-refractivity contribution >= 4 is 23.1 Å². The number of furan rings is 1. The molecule has 26 heavy (non-hydrogen) atoms. The molecule has 0 aliphatic rings. The third-order valence-corrected chi connectivity index (χ3v) is 4.01. The van der Waals surface area contributed by atoms with E-state index in [1.54, 1.807) is 24.5 Å². The zero-order chi connectivity index (χ0) is 17.9. The minimum absolute atomic E-state index is 0.428. The molecule has 0 saturated carbocycles. The second-order valence-electron chi connectivity index (χ2n) is 5.96. The standard InChI is InChI=1S/C18H19N7O/c19-13-7-5-12(6-8-13)3-1-9-21-16-11-15(20)25-18(22-16)23-17(24-25)14-4-2-10-26-14/h2,4-8,10-11H,1,3,9,19-20H2,(H,21,22,23,24). The minimum atomic E-state index is 0.428. The van der Waals surface area contributed by atoms with Gasteiger partial charge in [-0.3, -0.25) is 0 Å². The first-order valence-corrected chi connectivity index (χ1v) is 8.34. The van der Waals surface area contributed by atoms with Crippen LogP contribution in [0.25, 0.3) is 17.4 Å². The van der Waals surface area contributed by atoms with Crippen LogP contribution in [-0.4, -0.2) is 26.1 Å². The summed E-state index contributed by atoms with van der Waals surface area (Å²) < 4.78 is 6.82. The van der Waals surface area contributed by atoms with Crippen molar-refractivity contribution in [3.05, 3.63) is 54.3 Å². The van der Waals surface area contributed by atoms with Gasteiger partial charge in [-0.1, -0.05) is 12.1 Å². The molecule has 132 valence electrons. The second-order valence-corrected chi connectivity index (χ2v) is 5.96. The van der Waals surface area contributed by atoms with Crippen molar-refractivity contribution in [3.8, 4) is 11.6 Å². The van der Waals surface area contributed by atoms with Gasteiger partial charge in [0.2, 0.25) is 5.82 Å². The summed E-state index contributed by atoms with van der Waals surface area (Å²) in [4.78, 5) is 8.84. The fourth-order valence-corrected chi connectivity index (χ4v) is 2.68. The molecule has 0 bridgehead atoms. The number of anilines is 3. The molecule has 0 saturated heterocycles. The van der Waals surface area contributed by atoms with Gasteiger partial charge in [-0.05, 0) is 42.7 Å². The van der Waals surface area contributed by atoms with Gasteiger partial charge < -0.3 is 21.2 Å². The van der Waals surface area contributed by atoms with E-state index in [1.165, 1.54) is 10.1 Å². The van der Waals surface area contributed by atoms with Crippen molar-refractivity contribution in [2.45, 2.75) is 12.8 Å². The van der Waals surface area contributed by atoms with E-state index in [-0.39, 0.29) is 0 Å². The highest BCUT2D eigenvalue weighted by Gasteiger charge is 2.12. The highest BCUT2D eigenvalue weighted by Crippen LogP contribution is 2.19. The maximum absolute atomic E-state index is 6.07. The van der Waals surface area contributed by atoms with Crippen LogP contribution in [-0.2, 0) is 6.42 Å². The highest BCUT2D eigenvalue weighted by atomic mass is 16.3. The van der Waals surface area contributed by atoms with Gasteiger partial charge in [-0.15, -0.1) is 5.10 Å². The molecule has 5 N–H and O–H groups in total. The molecule has 4 aromatic rings. The Morgan fingerprint density at radius 3 is 2.69 bits per heavy atom. The van der Waals surface area contributed by atoms with Gasteiger partial charge >= 0.3 is 0 Å². The van der Waals surface area contributed by atoms with E-state index in [4.69, 9.17) is 15.9 Å².